The Labute approximate surface area is 117 Å². The van der Waals surface area contributed by atoms with Gasteiger partial charge in [0.15, 0.2) is 5.82 Å². The highest BCUT2D eigenvalue weighted by atomic mass is 16.5. The van der Waals surface area contributed by atoms with Gasteiger partial charge in [0.05, 0.1) is 11.3 Å². The minimum Gasteiger partial charge on any atom is -0.384 e. The molecule has 0 atom stereocenters. The van der Waals surface area contributed by atoms with Crippen LogP contribution in [0.3, 0.4) is 0 Å². The van der Waals surface area contributed by atoms with Crippen LogP contribution in [0.1, 0.15) is 17.0 Å². The van der Waals surface area contributed by atoms with Crippen molar-refractivity contribution in [2.24, 2.45) is 0 Å². The zero-order valence-corrected chi connectivity index (χ0v) is 11.3. The molecule has 1 aromatic heterocycles. The zero-order valence-electron chi connectivity index (χ0n) is 11.3. The quantitative estimate of drug-likeness (QED) is 0.882. The second-order valence-corrected chi connectivity index (χ2v) is 4.26. The number of hydrogen-bond acceptors (Lipinski definition) is 6. The molecule has 1 heterocycles. The van der Waals surface area contributed by atoms with Crippen molar-refractivity contribution in [1.29, 1.82) is 5.26 Å². The normalized spacial score (nSPS) is 10.1. The van der Waals surface area contributed by atoms with Crippen LogP contribution in [-0.4, -0.2) is 17.1 Å². The van der Waals surface area contributed by atoms with E-state index < -0.39 is 0 Å². The maximum Gasteiger partial charge on any atom is 0.158 e. The lowest BCUT2D eigenvalue weighted by Crippen LogP contribution is -2.05. The standard InChI is InChI=1S/C14H15N5O/c1-9-4-3-5-11(10(9)7-15)17-13-6-12(16)18-14(19-13)8-20-2/h3-6H,8H2,1-2H3,(H3,16,17,18,19). The van der Waals surface area contributed by atoms with E-state index in [1.807, 2.05) is 25.1 Å². The third-order valence-electron chi connectivity index (χ3n) is 2.71. The van der Waals surface area contributed by atoms with Crippen molar-refractivity contribution in [2.45, 2.75) is 13.5 Å². The van der Waals surface area contributed by atoms with Gasteiger partial charge in [-0.3, -0.25) is 0 Å². The first kappa shape index (κ1) is 13.8. The highest BCUT2D eigenvalue weighted by Gasteiger charge is 2.07. The van der Waals surface area contributed by atoms with E-state index in [1.54, 1.807) is 13.2 Å². The largest absolute Gasteiger partial charge is 0.384 e. The Balaban J connectivity index is 2.35. The molecular formula is C14H15N5O. The summed E-state index contributed by atoms with van der Waals surface area (Å²) in [5.74, 6) is 1.37. The van der Waals surface area contributed by atoms with Crippen molar-refractivity contribution in [1.82, 2.24) is 9.97 Å². The number of nitrogens with two attached hydrogens (primary N) is 1. The van der Waals surface area contributed by atoms with Gasteiger partial charge >= 0.3 is 0 Å². The van der Waals surface area contributed by atoms with E-state index in [9.17, 15) is 5.26 Å². The Morgan fingerprint density at radius 3 is 2.90 bits per heavy atom. The molecule has 2 rings (SSSR count). The first-order valence-corrected chi connectivity index (χ1v) is 6.03. The number of rotatable bonds is 4. The topological polar surface area (TPSA) is 96.9 Å². The molecule has 0 saturated carbocycles. The highest BCUT2D eigenvalue weighted by Crippen LogP contribution is 2.22. The van der Waals surface area contributed by atoms with Crippen LogP contribution in [0.2, 0.25) is 0 Å². The molecule has 0 aliphatic rings. The van der Waals surface area contributed by atoms with Crippen molar-refractivity contribution < 1.29 is 4.74 Å². The SMILES string of the molecule is COCc1nc(N)cc(Nc2cccc(C)c2C#N)n1. The first-order valence-electron chi connectivity index (χ1n) is 6.03. The van der Waals surface area contributed by atoms with Crippen LogP contribution in [0.4, 0.5) is 17.3 Å². The number of aryl methyl sites for hydroxylation is 1. The number of anilines is 3. The van der Waals surface area contributed by atoms with Crippen molar-refractivity contribution in [3.63, 3.8) is 0 Å². The fraction of sp³-hybridized carbons (Fsp3) is 0.214. The first-order chi connectivity index (χ1) is 9.63. The highest BCUT2D eigenvalue weighted by molar-refractivity contribution is 5.67. The summed E-state index contributed by atoms with van der Waals surface area (Å²) in [6.45, 7) is 2.16. The molecule has 2 aromatic rings. The smallest absolute Gasteiger partial charge is 0.158 e. The molecule has 0 fully saturated rings. The van der Waals surface area contributed by atoms with E-state index in [4.69, 9.17) is 10.5 Å². The van der Waals surface area contributed by atoms with Crippen molar-refractivity contribution >= 4 is 17.3 Å². The van der Waals surface area contributed by atoms with Gasteiger partial charge in [0, 0.05) is 13.2 Å². The molecule has 0 unspecified atom stereocenters. The van der Waals surface area contributed by atoms with Gasteiger partial charge in [-0.2, -0.15) is 5.26 Å². The average Bonchev–Trinajstić information content (AvgIpc) is 2.38. The summed E-state index contributed by atoms with van der Waals surface area (Å²) in [6.07, 6.45) is 0. The lowest BCUT2D eigenvalue weighted by molar-refractivity contribution is 0.178. The van der Waals surface area contributed by atoms with E-state index in [1.165, 1.54) is 0 Å². The van der Waals surface area contributed by atoms with Gasteiger partial charge in [-0.1, -0.05) is 12.1 Å². The van der Waals surface area contributed by atoms with E-state index in [2.05, 4.69) is 21.4 Å². The number of benzene rings is 1. The third kappa shape index (κ3) is 3.02. The fourth-order valence-corrected chi connectivity index (χ4v) is 1.83. The molecule has 6 nitrogen and oxygen atoms in total. The van der Waals surface area contributed by atoms with Gasteiger partial charge < -0.3 is 15.8 Å². The number of aromatic nitrogens is 2. The van der Waals surface area contributed by atoms with Crippen molar-refractivity contribution in [3.8, 4) is 6.07 Å². The van der Waals surface area contributed by atoms with E-state index in [-0.39, 0.29) is 6.61 Å². The fourth-order valence-electron chi connectivity index (χ4n) is 1.83. The van der Waals surface area contributed by atoms with Crippen LogP contribution < -0.4 is 11.1 Å². The lowest BCUT2D eigenvalue weighted by Gasteiger charge is -2.10. The second kappa shape index (κ2) is 5.99. The van der Waals surface area contributed by atoms with Crippen LogP contribution in [0, 0.1) is 18.3 Å². The summed E-state index contributed by atoms with van der Waals surface area (Å²) in [5.41, 5.74) is 7.90. The van der Waals surface area contributed by atoms with Gasteiger partial charge in [0.25, 0.3) is 0 Å². The summed E-state index contributed by atoms with van der Waals surface area (Å²) in [5, 5.41) is 12.3. The van der Waals surface area contributed by atoms with Crippen LogP contribution in [-0.2, 0) is 11.3 Å². The lowest BCUT2D eigenvalue weighted by atomic mass is 10.1. The molecule has 102 valence electrons. The Hall–Kier alpha value is -2.65. The van der Waals surface area contributed by atoms with Gasteiger partial charge in [0.1, 0.15) is 24.3 Å². The number of nitrogens with zero attached hydrogens (tertiary/aromatic N) is 3. The summed E-state index contributed by atoms with van der Waals surface area (Å²) in [7, 11) is 1.56. The number of nitrogen functional groups attached to an aromatic ring is 1. The molecule has 0 radical (unpaired) electrons. The minimum absolute atomic E-state index is 0.276. The summed E-state index contributed by atoms with van der Waals surface area (Å²) in [6, 6.07) is 9.37. The molecule has 0 bridgehead atoms. The summed E-state index contributed by atoms with van der Waals surface area (Å²) in [4.78, 5) is 8.35. The molecule has 1 aromatic carbocycles. The Morgan fingerprint density at radius 1 is 1.40 bits per heavy atom. The molecule has 0 spiro atoms. The second-order valence-electron chi connectivity index (χ2n) is 4.26. The maximum absolute atomic E-state index is 9.20. The van der Waals surface area contributed by atoms with Gasteiger partial charge in [0.2, 0.25) is 0 Å². The van der Waals surface area contributed by atoms with E-state index in [0.717, 1.165) is 5.56 Å². The number of ether oxygens (including phenoxy) is 1. The predicted octanol–water partition coefficient (Wildman–Crippen LogP) is 2.13. The van der Waals surface area contributed by atoms with Crippen molar-refractivity contribution in [3.05, 3.63) is 41.2 Å². The summed E-state index contributed by atoms with van der Waals surface area (Å²) < 4.78 is 4.99. The number of methoxy groups -OCH3 is 1. The molecule has 20 heavy (non-hydrogen) atoms. The monoisotopic (exact) mass is 269 g/mol. The van der Waals surface area contributed by atoms with Gasteiger partial charge in [-0.15, -0.1) is 0 Å². The van der Waals surface area contributed by atoms with Crippen LogP contribution in [0.5, 0.6) is 0 Å². The number of nitriles is 1. The zero-order chi connectivity index (χ0) is 14.5. The Kier molecular flexibility index (Phi) is 4.13. The Morgan fingerprint density at radius 2 is 2.20 bits per heavy atom. The van der Waals surface area contributed by atoms with E-state index in [0.29, 0.717) is 28.7 Å². The molecule has 6 heteroatoms. The summed E-state index contributed by atoms with van der Waals surface area (Å²) >= 11 is 0. The van der Waals surface area contributed by atoms with Gasteiger partial charge in [-0.05, 0) is 18.6 Å². The Bertz CT molecular complexity index is 663. The third-order valence-corrected chi connectivity index (χ3v) is 2.71. The van der Waals surface area contributed by atoms with E-state index >= 15 is 0 Å². The molecule has 0 aliphatic carbocycles. The molecule has 0 amide bonds. The molecule has 3 N–H and O–H groups in total. The van der Waals surface area contributed by atoms with Crippen molar-refractivity contribution in [2.75, 3.05) is 18.2 Å². The predicted molar refractivity (Wildman–Crippen MR) is 76.3 cm³/mol. The average molecular weight is 269 g/mol. The van der Waals surface area contributed by atoms with Crippen LogP contribution in [0.25, 0.3) is 0 Å². The molecular weight excluding hydrogens is 254 g/mol. The number of hydrogen-bond donors (Lipinski definition) is 2. The van der Waals surface area contributed by atoms with Gasteiger partial charge in [-0.25, -0.2) is 9.97 Å². The molecule has 0 aliphatic heterocycles. The maximum atomic E-state index is 9.20. The minimum atomic E-state index is 0.276. The van der Waals surface area contributed by atoms with Crippen LogP contribution in [0.15, 0.2) is 24.3 Å². The molecule has 0 saturated heterocycles. The van der Waals surface area contributed by atoms with Crippen LogP contribution >= 0.6 is 0 Å². The number of nitrogens with one attached hydrogen (secondary N) is 1.